The van der Waals surface area contributed by atoms with Gasteiger partial charge in [0.2, 0.25) is 11.9 Å². The number of nitrogens with two attached hydrogens (primary N) is 1. The van der Waals surface area contributed by atoms with Gasteiger partial charge in [0.15, 0.2) is 11.8 Å². The van der Waals surface area contributed by atoms with Crippen LogP contribution in [0, 0.1) is 23.4 Å². The van der Waals surface area contributed by atoms with Gasteiger partial charge in [0, 0.05) is 24.5 Å². The number of halogens is 3. The van der Waals surface area contributed by atoms with Gasteiger partial charge in [0.05, 0.1) is 24.9 Å². The maximum atomic E-state index is 13.7. The van der Waals surface area contributed by atoms with Gasteiger partial charge in [-0.1, -0.05) is 0 Å². The largest absolute Gasteiger partial charge is 0.369 e. The number of rotatable bonds is 3. The first-order valence-electron chi connectivity index (χ1n) is 9.68. The average Bonchev–Trinajstić information content (AvgIpc) is 3.38. The Labute approximate surface area is 185 Å². The smallest absolute Gasteiger partial charge is 0.236 e. The SMILES string of the molecule is CN1C(=O)[C@@H]2CN(c3ncc(F)cn3)C[C@]2(c2cc(-c3cc(F)cc(F)c3)cs2)N=C1N. The van der Waals surface area contributed by atoms with E-state index in [1.807, 2.05) is 0 Å². The molecule has 5 rings (SSSR count). The van der Waals surface area contributed by atoms with Gasteiger partial charge in [-0.15, -0.1) is 11.3 Å². The van der Waals surface area contributed by atoms with E-state index in [9.17, 15) is 18.0 Å². The molecule has 0 aliphatic carbocycles. The van der Waals surface area contributed by atoms with Crippen molar-refractivity contribution in [3.05, 3.63) is 64.4 Å². The fourth-order valence-electron chi connectivity index (χ4n) is 4.22. The Balaban J connectivity index is 1.60. The van der Waals surface area contributed by atoms with Crippen LogP contribution in [-0.2, 0) is 10.3 Å². The molecule has 164 valence electrons. The van der Waals surface area contributed by atoms with Crippen molar-refractivity contribution in [1.29, 1.82) is 0 Å². The highest BCUT2D eigenvalue weighted by Gasteiger charge is 2.56. The van der Waals surface area contributed by atoms with Crippen LogP contribution in [0.2, 0.25) is 0 Å². The van der Waals surface area contributed by atoms with Gasteiger partial charge >= 0.3 is 0 Å². The Kier molecular flexibility index (Phi) is 4.66. The van der Waals surface area contributed by atoms with E-state index in [2.05, 4.69) is 9.97 Å². The molecule has 2 atom stereocenters. The summed E-state index contributed by atoms with van der Waals surface area (Å²) in [4.78, 5) is 29.7. The van der Waals surface area contributed by atoms with Gasteiger partial charge in [-0.25, -0.2) is 28.1 Å². The van der Waals surface area contributed by atoms with Gasteiger partial charge in [0.25, 0.3) is 0 Å². The molecule has 1 saturated heterocycles. The summed E-state index contributed by atoms with van der Waals surface area (Å²) >= 11 is 1.33. The summed E-state index contributed by atoms with van der Waals surface area (Å²) in [5.41, 5.74) is 6.03. The van der Waals surface area contributed by atoms with Crippen LogP contribution < -0.4 is 10.6 Å². The topological polar surface area (TPSA) is 87.7 Å². The number of aliphatic imine (C=N–C) groups is 1. The van der Waals surface area contributed by atoms with E-state index in [1.165, 1.54) is 28.4 Å². The van der Waals surface area contributed by atoms with Crippen molar-refractivity contribution in [2.75, 3.05) is 25.0 Å². The van der Waals surface area contributed by atoms with E-state index in [-0.39, 0.29) is 30.9 Å². The van der Waals surface area contributed by atoms with E-state index < -0.39 is 28.9 Å². The molecule has 0 radical (unpaired) electrons. The molecule has 2 aliphatic rings. The first kappa shape index (κ1) is 20.4. The van der Waals surface area contributed by atoms with Crippen LogP contribution in [-0.4, -0.2) is 46.9 Å². The predicted molar refractivity (Wildman–Crippen MR) is 113 cm³/mol. The number of carbonyl (C=O) groups excluding carboxylic acids is 1. The number of thiophene rings is 1. The minimum absolute atomic E-state index is 0.0693. The summed E-state index contributed by atoms with van der Waals surface area (Å²) in [6, 6.07) is 5.07. The molecule has 1 aromatic carbocycles. The molecule has 0 saturated carbocycles. The molecule has 0 spiro atoms. The highest BCUT2D eigenvalue weighted by Crippen LogP contribution is 2.47. The first-order valence-corrected chi connectivity index (χ1v) is 10.6. The third kappa shape index (κ3) is 3.20. The lowest BCUT2D eigenvalue weighted by molar-refractivity contribution is -0.132. The van der Waals surface area contributed by atoms with Crippen LogP contribution in [0.5, 0.6) is 0 Å². The normalized spacial score (nSPS) is 22.8. The van der Waals surface area contributed by atoms with Gasteiger partial charge in [-0.05, 0) is 34.7 Å². The maximum absolute atomic E-state index is 13.7. The summed E-state index contributed by atoms with van der Waals surface area (Å²) in [6.45, 7) is 0.495. The summed E-state index contributed by atoms with van der Waals surface area (Å²) in [5, 5.41) is 1.76. The summed E-state index contributed by atoms with van der Waals surface area (Å²) in [7, 11) is 1.55. The second kappa shape index (κ2) is 7.30. The molecule has 3 aromatic rings. The van der Waals surface area contributed by atoms with Gasteiger partial charge < -0.3 is 10.6 Å². The lowest BCUT2D eigenvalue weighted by Crippen LogP contribution is -2.54. The molecule has 2 aliphatic heterocycles. The quantitative estimate of drug-likeness (QED) is 0.652. The minimum atomic E-state index is -1.03. The zero-order chi connectivity index (χ0) is 22.6. The van der Waals surface area contributed by atoms with Crippen molar-refractivity contribution in [3.63, 3.8) is 0 Å². The Hall–Kier alpha value is -3.47. The lowest BCUT2D eigenvalue weighted by atomic mass is 9.83. The predicted octanol–water partition coefficient (Wildman–Crippen LogP) is 2.74. The van der Waals surface area contributed by atoms with Crippen molar-refractivity contribution in [2.45, 2.75) is 5.54 Å². The highest BCUT2D eigenvalue weighted by molar-refractivity contribution is 7.10. The van der Waals surface area contributed by atoms with Crippen LogP contribution >= 0.6 is 11.3 Å². The second-order valence-electron chi connectivity index (χ2n) is 7.78. The molecule has 1 amide bonds. The highest BCUT2D eigenvalue weighted by atomic mass is 32.1. The van der Waals surface area contributed by atoms with Gasteiger partial charge in [-0.3, -0.25) is 9.69 Å². The van der Waals surface area contributed by atoms with Crippen molar-refractivity contribution < 1.29 is 18.0 Å². The Morgan fingerprint density at radius 2 is 1.75 bits per heavy atom. The number of carbonyl (C=O) groups is 1. The number of aromatic nitrogens is 2. The third-order valence-corrected chi connectivity index (χ3v) is 6.91. The van der Waals surface area contributed by atoms with E-state index in [0.717, 1.165) is 23.3 Å². The van der Waals surface area contributed by atoms with Crippen LogP contribution in [0.1, 0.15) is 4.88 Å². The number of benzene rings is 1. The molecule has 7 nitrogen and oxygen atoms in total. The number of hydrogen-bond donors (Lipinski definition) is 1. The van der Waals surface area contributed by atoms with Crippen molar-refractivity contribution in [2.24, 2.45) is 16.6 Å². The molecular formula is C21H17F3N6OS. The number of nitrogens with zero attached hydrogens (tertiary/aromatic N) is 5. The maximum Gasteiger partial charge on any atom is 0.236 e. The summed E-state index contributed by atoms with van der Waals surface area (Å²) in [5.74, 6) is -2.39. The van der Waals surface area contributed by atoms with Crippen molar-refractivity contribution >= 4 is 29.2 Å². The van der Waals surface area contributed by atoms with Gasteiger partial charge in [-0.2, -0.15) is 0 Å². The number of amides is 1. The van der Waals surface area contributed by atoms with Crippen LogP contribution in [0.4, 0.5) is 19.1 Å². The molecule has 0 unspecified atom stereocenters. The first-order chi connectivity index (χ1) is 15.3. The Bertz CT molecular complexity index is 1230. The fourth-order valence-corrected chi connectivity index (χ4v) is 5.33. The third-order valence-electron chi connectivity index (χ3n) is 5.81. The van der Waals surface area contributed by atoms with Gasteiger partial charge in [0.1, 0.15) is 17.2 Å². The molecule has 0 bridgehead atoms. The Morgan fingerprint density at radius 1 is 1.06 bits per heavy atom. The number of anilines is 1. The standard InChI is InChI=1S/C21H17F3N6OS/c1-29-18(31)16-8-30(20-26-6-15(24)7-27-20)10-21(16,28-19(29)25)17-4-12(9-32-17)11-2-13(22)5-14(23)3-11/h2-7,9,16H,8,10H2,1H3,(H2,25,28)/t16-,21-/m0/s1. The summed E-state index contributed by atoms with van der Waals surface area (Å²) in [6.07, 6.45) is 2.12. The molecule has 4 heterocycles. The molecular weight excluding hydrogens is 441 g/mol. The molecule has 2 aromatic heterocycles. The number of guanidine groups is 1. The monoisotopic (exact) mass is 458 g/mol. The number of fused-ring (bicyclic) bond motifs is 1. The van der Waals surface area contributed by atoms with E-state index in [0.29, 0.717) is 11.1 Å². The van der Waals surface area contributed by atoms with E-state index in [4.69, 9.17) is 10.7 Å². The Morgan fingerprint density at radius 3 is 2.44 bits per heavy atom. The zero-order valence-corrected chi connectivity index (χ0v) is 17.6. The van der Waals surface area contributed by atoms with Crippen LogP contribution in [0.3, 0.4) is 0 Å². The van der Waals surface area contributed by atoms with Crippen molar-refractivity contribution in [3.8, 4) is 11.1 Å². The van der Waals surface area contributed by atoms with E-state index in [1.54, 1.807) is 23.4 Å². The molecule has 11 heteroatoms. The fraction of sp³-hybridized carbons (Fsp3) is 0.238. The summed E-state index contributed by atoms with van der Waals surface area (Å²) < 4.78 is 40.8. The second-order valence-corrected chi connectivity index (χ2v) is 8.69. The zero-order valence-electron chi connectivity index (χ0n) is 16.8. The average molecular weight is 458 g/mol. The molecule has 32 heavy (non-hydrogen) atoms. The van der Waals surface area contributed by atoms with Crippen LogP contribution in [0.25, 0.3) is 11.1 Å². The molecule has 2 N–H and O–H groups in total. The van der Waals surface area contributed by atoms with E-state index >= 15 is 0 Å². The minimum Gasteiger partial charge on any atom is -0.369 e. The van der Waals surface area contributed by atoms with Crippen LogP contribution in [0.15, 0.2) is 47.0 Å². The lowest BCUT2D eigenvalue weighted by Gasteiger charge is -2.36. The number of hydrogen-bond acceptors (Lipinski definition) is 7. The molecule has 1 fully saturated rings. The van der Waals surface area contributed by atoms with Crippen molar-refractivity contribution in [1.82, 2.24) is 14.9 Å².